The number of halogens is 1. The molecule has 0 saturated carbocycles. The highest BCUT2D eigenvalue weighted by atomic mass is 19.1. The van der Waals surface area contributed by atoms with Gasteiger partial charge in [0.25, 0.3) is 11.6 Å². The molecule has 0 spiro atoms. The highest BCUT2D eigenvalue weighted by molar-refractivity contribution is 5.95. The van der Waals surface area contributed by atoms with Gasteiger partial charge in [0.1, 0.15) is 5.82 Å². The predicted octanol–water partition coefficient (Wildman–Crippen LogP) is 3.60. The normalized spacial score (nSPS) is 13.6. The van der Waals surface area contributed by atoms with Gasteiger partial charge in [0, 0.05) is 18.2 Å². The Morgan fingerprint density at radius 1 is 1.43 bits per heavy atom. The van der Waals surface area contributed by atoms with Crippen LogP contribution in [0.5, 0.6) is 0 Å². The van der Waals surface area contributed by atoms with E-state index in [1.54, 1.807) is 0 Å². The van der Waals surface area contributed by atoms with E-state index in [2.05, 4.69) is 19.2 Å². The molecule has 0 radical (unpaired) electrons. The number of nitrogens with zero attached hydrogens (tertiary/aromatic N) is 1. The van der Waals surface area contributed by atoms with Crippen molar-refractivity contribution in [2.24, 2.45) is 5.92 Å². The van der Waals surface area contributed by atoms with Gasteiger partial charge in [-0.3, -0.25) is 14.9 Å². The van der Waals surface area contributed by atoms with Gasteiger partial charge in [-0.1, -0.05) is 20.3 Å². The third-order valence-corrected chi connectivity index (χ3v) is 3.53. The van der Waals surface area contributed by atoms with E-state index in [1.165, 1.54) is 6.92 Å². The largest absolute Gasteiger partial charge is 0.349 e. The van der Waals surface area contributed by atoms with Crippen molar-refractivity contribution in [1.82, 2.24) is 5.32 Å². The number of nitro benzene ring substituents is 1. The van der Waals surface area contributed by atoms with E-state index >= 15 is 0 Å². The van der Waals surface area contributed by atoms with Crippen LogP contribution in [-0.2, 0) is 0 Å². The number of benzene rings is 1. The van der Waals surface area contributed by atoms with Gasteiger partial charge in [-0.2, -0.15) is 0 Å². The summed E-state index contributed by atoms with van der Waals surface area (Å²) in [6.45, 7) is 7.37. The summed E-state index contributed by atoms with van der Waals surface area (Å²) in [4.78, 5) is 22.3. The van der Waals surface area contributed by atoms with Crippen molar-refractivity contribution in [3.63, 3.8) is 0 Å². The molecule has 5 nitrogen and oxygen atoms in total. The Kier molecular flexibility index (Phi) is 5.81. The van der Waals surface area contributed by atoms with Crippen LogP contribution < -0.4 is 5.32 Å². The molecular weight excluding hydrogens is 275 g/mol. The van der Waals surface area contributed by atoms with Crippen molar-refractivity contribution in [3.05, 3.63) is 39.2 Å². The molecular formula is C15H21FN2O3. The number of non-ortho nitro benzene ring substituents is 1. The number of carbonyl (C=O) groups excluding carboxylic acids is 1. The number of hydrogen-bond acceptors (Lipinski definition) is 3. The molecule has 1 N–H and O–H groups in total. The Balaban J connectivity index is 2.94. The first-order valence-corrected chi connectivity index (χ1v) is 7.01. The minimum Gasteiger partial charge on any atom is -0.349 e. The summed E-state index contributed by atoms with van der Waals surface area (Å²) in [5.41, 5.74) is -0.477. The van der Waals surface area contributed by atoms with Crippen LogP contribution in [0, 0.1) is 28.8 Å². The lowest BCUT2D eigenvalue weighted by Crippen LogP contribution is -2.34. The van der Waals surface area contributed by atoms with Crippen LogP contribution in [0.15, 0.2) is 12.1 Å². The average molecular weight is 296 g/mol. The molecule has 1 amide bonds. The Morgan fingerprint density at radius 3 is 2.57 bits per heavy atom. The van der Waals surface area contributed by atoms with Crippen LogP contribution in [0.2, 0.25) is 0 Å². The van der Waals surface area contributed by atoms with Crippen LogP contribution in [-0.4, -0.2) is 16.9 Å². The Bertz CT molecular complexity index is 546. The second-order valence-corrected chi connectivity index (χ2v) is 5.50. The van der Waals surface area contributed by atoms with Gasteiger partial charge >= 0.3 is 0 Å². The van der Waals surface area contributed by atoms with Crippen LogP contribution in [0.1, 0.15) is 49.5 Å². The van der Waals surface area contributed by atoms with E-state index in [4.69, 9.17) is 0 Å². The molecule has 0 aromatic heterocycles. The first-order valence-electron chi connectivity index (χ1n) is 7.01. The summed E-state index contributed by atoms with van der Waals surface area (Å²) < 4.78 is 14.0. The standard InChI is InChI=1S/C15H21FN2O3/c1-5-9(2)6-11(4)17-15(19)13-8-12(18(20)21)7-10(3)14(13)16/h7-9,11H,5-6H2,1-4H3,(H,17,19). The van der Waals surface area contributed by atoms with Gasteiger partial charge < -0.3 is 5.32 Å². The number of nitrogens with one attached hydrogen (secondary N) is 1. The lowest BCUT2D eigenvalue weighted by molar-refractivity contribution is -0.385. The Hall–Kier alpha value is -1.98. The number of rotatable bonds is 6. The third-order valence-electron chi connectivity index (χ3n) is 3.53. The van der Waals surface area contributed by atoms with Gasteiger partial charge in [-0.25, -0.2) is 4.39 Å². The molecule has 21 heavy (non-hydrogen) atoms. The molecule has 1 aromatic rings. The van der Waals surface area contributed by atoms with Crippen molar-refractivity contribution < 1.29 is 14.1 Å². The summed E-state index contributed by atoms with van der Waals surface area (Å²) in [5.74, 6) is -0.888. The number of hydrogen-bond donors (Lipinski definition) is 1. The minimum absolute atomic E-state index is 0.0870. The zero-order valence-corrected chi connectivity index (χ0v) is 12.8. The number of nitro groups is 1. The maximum Gasteiger partial charge on any atom is 0.270 e. The molecule has 0 bridgehead atoms. The third kappa shape index (κ3) is 4.51. The maximum absolute atomic E-state index is 14.0. The van der Waals surface area contributed by atoms with Crippen molar-refractivity contribution >= 4 is 11.6 Å². The zero-order valence-electron chi connectivity index (χ0n) is 12.8. The van der Waals surface area contributed by atoms with Gasteiger partial charge in [0.2, 0.25) is 0 Å². The number of amides is 1. The molecule has 2 atom stereocenters. The molecule has 0 fully saturated rings. The van der Waals surface area contributed by atoms with E-state index < -0.39 is 16.6 Å². The molecule has 1 aromatic carbocycles. The van der Waals surface area contributed by atoms with Gasteiger partial charge in [0.15, 0.2) is 0 Å². The van der Waals surface area contributed by atoms with Crippen LogP contribution in [0.3, 0.4) is 0 Å². The second kappa shape index (κ2) is 7.15. The van der Waals surface area contributed by atoms with Crippen molar-refractivity contribution in [2.75, 3.05) is 0 Å². The average Bonchev–Trinajstić information content (AvgIpc) is 2.40. The maximum atomic E-state index is 14.0. The van der Waals surface area contributed by atoms with Gasteiger partial charge in [-0.15, -0.1) is 0 Å². The monoisotopic (exact) mass is 296 g/mol. The predicted molar refractivity (Wildman–Crippen MR) is 78.8 cm³/mol. The molecule has 6 heteroatoms. The number of aryl methyl sites for hydroxylation is 1. The Labute approximate surface area is 123 Å². The summed E-state index contributed by atoms with van der Waals surface area (Å²) in [5, 5.41) is 13.5. The molecule has 1 rings (SSSR count). The molecule has 2 unspecified atom stereocenters. The fourth-order valence-corrected chi connectivity index (χ4v) is 2.15. The SMILES string of the molecule is CCC(C)CC(C)NC(=O)c1cc([N+](=O)[O-])cc(C)c1F. The molecule has 0 heterocycles. The van der Waals surface area contributed by atoms with Crippen molar-refractivity contribution in [2.45, 2.75) is 46.6 Å². The van der Waals surface area contributed by atoms with E-state index in [-0.39, 0.29) is 22.9 Å². The fourth-order valence-electron chi connectivity index (χ4n) is 2.15. The highest BCUT2D eigenvalue weighted by Crippen LogP contribution is 2.21. The van der Waals surface area contributed by atoms with Gasteiger partial charge in [0.05, 0.1) is 10.5 Å². The lowest BCUT2D eigenvalue weighted by atomic mass is 10.00. The fraction of sp³-hybridized carbons (Fsp3) is 0.533. The van der Waals surface area contributed by atoms with Crippen molar-refractivity contribution in [3.8, 4) is 0 Å². The molecule has 0 aliphatic carbocycles. The smallest absolute Gasteiger partial charge is 0.270 e. The van der Waals surface area contributed by atoms with E-state index in [9.17, 15) is 19.3 Å². The highest BCUT2D eigenvalue weighted by Gasteiger charge is 2.21. The Morgan fingerprint density at radius 2 is 2.05 bits per heavy atom. The van der Waals surface area contributed by atoms with E-state index in [0.717, 1.165) is 25.0 Å². The molecule has 0 aliphatic heterocycles. The zero-order chi connectivity index (χ0) is 16.2. The first kappa shape index (κ1) is 17.1. The van der Waals surface area contributed by atoms with E-state index in [1.807, 2.05) is 6.92 Å². The first-order chi connectivity index (χ1) is 9.76. The summed E-state index contributed by atoms with van der Waals surface area (Å²) >= 11 is 0. The van der Waals surface area contributed by atoms with Crippen LogP contribution in [0.25, 0.3) is 0 Å². The minimum atomic E-state index is -0.714. The summed E-state index contributed by atoms with van der Waals surface area (Å²) in [7, 11) is 0. The van der Waals surface area contributed by atoms with Crippen molar-refractivity contribution in [1.29, 1.82) is 0 Å². The molecule has 116 valence electrons. The summed E-state index contributed by atoms with van der Waals surface area (Å²) in [6.07, 6.45) is 1.77. The topological polar surface area (TPSA) is 72.2 Å². The van der Waals surface area contributed by atoms with E-state index in [0.29, 0.717) is 5.92 Å². The van der Waals surface area contributed by atoms with Crippen LogP contribution in [0.4, 0.5) is 10.1 Å². The second-order valence-electron chi connectivity index (χ2n) is 5.50. The number of carbonyl (C=O) groups is 1. The molecule has 0 saturated heterocycles. The van der Waals surface area contributed by atoms with Crippen LogP contribution >= 0.6 is 0 Å². The lowest BCUT2D eigenvalue weighted by Gasteiger charge is -2.18. The molecule has 0 aliphatic rings. The quantitative estimate of drug-likeness (QED) is 0.644. The summed E-state index contributed by atoms with van der Waals surface area (Å²) in [6, 6.07) is 1.98. The van der Waals surface area contributed by atoms with Gasteiger partial charge in [-0.05, 0) is 31.7 Å².